The Balaban J connectivity index is 1.92. The van der Waals surface area contributed by atoms with Crippen LogP contribution in [0.25, 0.3) is 0 Å². The van der Waals surface area contributed by atoms with Gasteiger partial charge in [0, 0.05) is 18.7 Å². The fourth-order valence-electron chi connectivity index (χ4n) is 3.02. The van der Waals surface area contributed by atoms with E-state index in [4.69, 9.17) is 0 Å². The summed E-state index contributed by atoms with van der Waals surface area (Å²) in [5.74, 6) is -0.776. The first kappa shape index (κ1) is 18.0. The largest absolute Gasteiger partial charge is 0.416 e. The summed E-state index contributed by atoms with van der Waals surface area (Å²) in [7, 11) is 0. The minimum absolute atomic E-state index is 0.116. The lowest BCUT2D eigenvalue weighted by Crippen LogP contribution is -2.52. The zero-order valence-corrected chi connectivity index (χ0v) is 14.0. The van der Waals surface area contributed by atoms with Crippen molar-refractivity contribution in [2.45, 2.75) is 19.1 Å². The monoisotopic (exact) mass is 362 g/mol. The molecular weight excluding hydrogens is 345 g/mol. The minimum atomic E-state index is -4.46. The molecule has 1 unspecified atom stereocenters. The SMILES string of the molecule is Cc1cccc(C2C(=O)NCCN2C(=O)c2ccc(C(F)(F)F)cc2)c1. The molecule has 0 saturated carbocycles. The fraction of sp³-hybridized carbons (Fsp3) is 0.263. The number of halogens is 3. The van der Waals surface area contributed by atoms with Crippen molar-refractivity contribution < 1.29 is 22.8 Å². The zero-order chi connectivity index (χ0) is 18.9. The number of hydrogen-bond acceptors (Lipinski definition) is 2. The van der Waals surface area contributed by atoms with Crippen LogP contribution >= 0.6 is 0 Å². The van der Waals surface area contributed by atoms with Crippen LogP contribution in [0, 0.1) is 6.92 Å². The number of carbonyl (C=O) groups excluding carboxylic acids is 2. The molecule has 7 heteroatoms. The normalized spacial score (nSPS) is 17.8. The number of amides is 2. The van der Waals surface area contributed by atoms with Crippen LogP contribution in [0.5, 0.6) is 0 Å². The molecule has 26 heavy (non-hydrogen) atoms. The molecule has 1 heterocycles. The molecule has 1 saturated heterocycles. The summed E-state index contributed by atoms with van der Waals surface area (Å²) in [5.41, 5.74) is 0.913. The van der Waals surface area contributed by atoms with E-state index in [1.54, 1.807) is 12.1 Å². The molecule has 2 aromatic rings. The summed E-state index contributed by atoms with van der Waals surface area (Å²) in [6, 6.07) is 10.5. The van der Waals surface area contributed by atoms with Crippen molar-refractivity contribution >= 4 is 11.8 Å². The Morgan fingerprint density at radius 1 is 1.15 bits per heavy atom. The molecule has 1 N–H and O–H groups in total. The topological polar surface area (TPSA) is 49.4 Å². The van der Waals surface area contributed by atoms with Crippen LogP contribution in [0.15, 0.2) is 48.5 Å². The molecule has 2 aromatic carbocycles. The van der Waals surface area contributed by atoms with Crippen molar-refractivity contribution in [1.29, 1.82) is 0 Å². The second-order valence-corrected chi connectivity index (χ2v) is 6.18. The van der Waals surface area contributed by atoms with E-state index in [9.17, 15) is 22.8 Å². The summed E-state index contributed by atoms with van der Waals surface area (Å²) >= 11 is 0. The highest BCUT2D eigenvalue weighted by Gasteiger charge is 2.35. The van der Waals surface area contributed by atoms with Crippen LogP contribution in [0.3, 0.4) is 0 Å². The van der Waals surface area contributed by atoms with E-state index in [1.165, 1.54) is 4.90 Å². The molecule has 2 amide bonds. The van der Waals surface area contributed by atoms with E-state index < -0.39 is 23.7 Å². The van der Waals surface area contributed by atoms with Crippen LogP contribution in [0.1, 0.15) is 33.1 Å². The third-order valence-corrected chi connectivity index (χ3v) is 4.29. The standard InChI is InChI=1S/C19H17F3N2O2/c1-12-3-2-4-14(11-12)16-17(25)23-9-10-24(16)18(26)13-5-7-15(8-6-13)19(20,21)22/h2-8,11,16H,9-10H2,1H3,(H,23,25). The molecule has 1 fully saturated rings. The molecule has 0 aromatic heterocycles. The number of alkyl halides is 3. The van der Waals surface area contributed by atoms with Gasteiger partial charge in [0.2, 0.25) is 5.91 Å². The molecule has 0 bridgehead atoms. The van der Waals surface area contributed by atoms with Gasteiger partial charge in [0.15, 0.2) is 0 Å². The van der Waals surface area contributed by atoms with Crippen molar-refractivity contribution in [1.82, 2.24) is 10.2 Å². The van der Waals surface area contributed by atoms with Crippen LogP contribution in [-0.4, -0.2) is 29.8 Å². The van der Waals surface area contributed by atoms with Crippen molar-refractivity contribution in [2.75, 3.05) is 13.1 Å². The van der Waals surface area contributed by atoms with Gasteiger partial charge in [0.25, 0.3) is 5.91 Å². The van der Waals surface area contributed by atoms with E-state index in [-0.39, 0.29) is 18.0 Å². The first-order chi connectivity index (χ1) is 12.3. The maximum absolute atomic E-state index is 12.8. The molecule has 0 aliphatic carbocycles. The summed E-state index contributed by atoms with van der Waals surface area (Å²) in [5, 5.41) is 2.73. The number of nitrogens with one attached hydrogen (secondary N) is 1. The van der Waals surface area contributed by atoms with Gasteiger partial charge in [-0.2, -0.15) is 13.2 Å². The van der Waals surface area contributed by atoms with Gasteiger partial charge < -0.3 is 10.2 Å². The second-order valence-electron chi connectivity index (χ2n) is 6.18. The van der Waals surface area contributed by atoms with Gasteiger partial charge >= 0.3 is 6.18 Å². The van der Waals surface area contributed by atoms with E-state index in [1.807, 2.05) is 19.1 Å². The van der Waals surface area contributed by atoms with Gasteiger partial charge in [-0.05, 0) is 36.8 Å². The average Bonchev–Trinajstić information content (AvgIpc) is 2.60. The number of rotatable bonds is 2. The van der Waals surface area contributed by atoms with Gasteiger partial charge in [-0.1, -0.05) is 29.8 Å². The molecule has 1 aliphatic heterocycles. The molecular formula is C19H17F3N2O2. The Morgan fingerprint density at radius 3 is 2.46 bits per heavy atom. The highest BCUT2D eigenvalue weighted by molar-refractivity contribution is 5.98. The number of benzene rings is 2. The highest BCUT2D eigenvalue weighted by Crippen LogP contribution is 2.30. The molecule has 0 spiro atoms. The fourth-order valence-corrected chi connectivity index (χ4v) is 3.02. The van der Waals surface area contributed by atoms with Crippen LogP contribution in [-0.2, 0) is 11.0 Å². The third-order valence-electron chi connectivity index (χ3n) is 4.29. The third kappa shape index (κ3) is 3.56. The Bertz CT molecular complexity index is 831. The van der Waals surface area contributed by atoms with Gasteiger partial charge in [-0.25, -0.2) is 0 Å². The summed E-state index contributed by atoms with van der Waals surface area (Å²) in [4.78, 5) is 26.6. The van der Waals surface area contributed by atoms with Crippen molar-refractivity contribution in [3.63, 3.8) is 0 Å². The molecule has 1 aliphatic rings. The lowest BCUT2D eigenvalue weighted by Gasteiger charge is -2.35. The van der Waals surface area contributed by atoms with Gasteiger partial charge in [-0.3, -0.25) is 9.59 Å². The highest BCUT2D eigenvalue weighted by atomic mass is 19.4. The maximum Gasteiger partial charge on any atom is 0.416 e. The molecule has 136 valence electrons. The predicted octanol–water partition coefficient (Wildman–Crippen LogP) is 3.33. The summed E-state index contributed by atoms with van der Waals surface area (Å²) in [6.07, 6.45) is -4.46. The smallest absolute Gasteiger partial charge is 0.352 e. The van der Waals surface area contributed by atoms with Gasteiger partial charge in [0.1, 0.15) is 6.04 Å². The number of nitrogens with zero attached hydrogens (tertiary/aromatic N) is 1. The summed E-state index contributed by atoms with van der Waals surface area (Å²) < 4.78 is 38.1. The minimum Gasteiger partial charge on any atom is -0.352 e. The molecule has 3 rings (SSSR count). The quantitative estimate of drug-likeness (QED) is 0.891. The van der Waals surface area contributed by atoms with Gasteiger partial charge in [-0.15, -0.1) is 0 Å². The number of piperazine rings is 1. The van der Waals surface area contributed by atoms with Crippen LogP contribution in [0.2, 0.25) is 0 Å². The van der Waals surface area contributed by atoms with Crippen LogP contribution < -0.4 is 5.32 Å². The van der Waals surface area contributed by atoms with Crippen molar-refractivity contribution in [2.24, 2.45) is 0 Å². The first-order valence-corrected chi connectivity index (χ1v) is 8.10. The van der Waals surface area contributed by atoms with E-state index in [2.05, 4.69) is 5.32 Å². The average molecular weight is 362 g/mol. The van der Waals surface area contributed by atoms with Crippen molar-refractivity contribution in [3.05, 3.63) is 70.8 Å². The Morgan fingerprint density at radius 2 is 1.85 bits per heavy atom. The number of carbonyl (C=O) groups is 2. The maximum atomic E-state index is 12.8. The number of hydrogen-bond donors (Lipinski definition) is 1. The Kier molecular flexibility index (Phi) is 4.71. The number of aryl methyl sites for hydroxylation is 1. The van der Waals surface area contributed by atoms with Crippen LogP contribution in [0.4, 0.5) is 13.2 Å². The van der Waals surface area contributed by atoms with E-state index >= 15 is 0 Å². The lowest BCUT2D eigenvalue weighted by molar-refractivity contribution is -0.137. The van der Waals surface area contributed by atoms with E-state index in [0.29, 0.717) is 12.1 Å². The molecule has 4 nitrogen and oxygen atoms in total. The predicted molar refractivity (Wildman–Crippen MR) is 89.4 cm³/mol. The zero-order valence-electron chi connectivity index (χ0n) is 14.0. The van der Waals surface area contributed by atoms with Crippen molar-refractivity contribution in [3.8, 4) is 0 Å². The Labute approximate surface area is 148 Å². The van der Waals surface area contributed by atoms with E-state index in [0.717, 1.165) is 29.8 Å². The molecule has 1 atom stereocenters. The second kappa shape index (κ2) is 6.82. The summed E-state index contributed by atoms with van der Waals surface area (Å²) in [6.45, 7) is 2.46. The lowest BCUT2D eigenvalue weighted by atomic mass is 9.99. The van der Waals surface area contributed by atoms with Gasteiger partial charge in [0.05, 0.1) is 5.56 Å². The first-order valence-electron chi connectivity index (χ1n) is 8.10. The molecule has 0 radical (unpaired) electrons. The Hall–Kier alpha value is -2.83.